The van der Waals surface area contributed by atoms with Gasteiger partial charge in [0, 0.05) is 6.04 Å². The summed E-state index contributed by atoms with van der Waals surface area (Å²) >= 11 is 0. The Bertz CT molecular complexity index is 189. The number of rotatable bonds is 2. The minimum atomic E-state index is 0. The highest BCUT2D eigenvalue weighted by Crippen LogP contribution is 2.11. The first-order valence-electron chi connectivity index (χ1n) is 3.65. The van der Waals surface area contributed by atoms with E-state index in [1.807, 2.05) is 18.2 Å². The second kappa shape index (κ2) is 7.41. The average Bonchev–Trinajstić information content (AvgIpc) is 2.05. The first-order valence-corrected chi connectivity index (χ1v) is 3.65. The number of benzene rings is 1. The third-order valence-electron chi connectivity index (χ3n) is 1.67. The van der Waals surface area contributed by atoms with Crippen LogP contribution in [0.2, 0.25) is 0 Å². The van der Waals surface area contributed by atoms with Crippen LogP contribution in [0.5, 0.6) is 0 Å². The topological polar surface area (TPSA) is 26.0 Å². The van der Waals surface area contributed by atoms with Gasteiger partial charge in [-0.15, -0.1) is 24.8 Å². The van der Waals surface area contributed by atoms with E-state index in [0.29, 0.717) is 0 Å². The molecule has 0 bridgehead atoms. The highest BCUT2D eigenvalue weighted by molar-refractivity contribution is 5.85. The van der Waals surface area contributed by atoms with Gasteiger partial charge in [-0.2, -0.15) is 0 Å². The fraction of sp³-hybridized carbons (Fsp3) is 0.333. The van der Waals surface area contributed by atoms with E-state index in [2.05, 4.69) is 19.1 Å². The van der Waals surface area contributed by atoms with Crippen LogP contribution in [0, 0.1) is 0 Å². The molecule has 0 fully saturated rings. The van der Waals surface area contributed by atoms with Crippen molar-refractivity contribution in [2.75, 3.05) is 0 Å². The molecule has 1 aromatic rings. The third kappa shape index (κ3) is 3.96. The summed E-state index contributed by atoms with van der Waals surface area (Å²) in [6, 6.07) is 10.4. The van der Waals surface area contributed by atoms with Gasteiger partial charge in [0.05, 0.1) is 0 Å². The van der Waals surface area contributed by atoms with Crippen LogP contribution in [-0.2, 0) is 0 Å². The van der Waals surface area contributed by atoms with Crippen LogP contribution >= 0.6 is 24.8 Å². The van der Waals surface area contributed by atoms with Crippen molar-refractivity contribution >= 4 is 24.8 Å². The van der Waals surface area contributed by atoms with Crippen molar-refractivity contribution in [3.8, 4) is 0 Å². The van der Waals surface area contributed by atoms with Crippen LogP contribution in [0.25, 0.3) is 0 Å². The molecule has 0 spiro atoms. The molecule has 0 aromatic heterocycles. The maximum Gasteiger partial charge on any atom is 0.0292 e. The van der Waals surface area contributed by atoms with E-state index < -0.39 is 0 Å². The van der Waals surface area contributed by atoms with Crippen molar-refractivity contribution in [1.82, 2.24) is 0 Å². The Balaban J connectivity index is 0. The zero-order valence-electron chi connectivity index (χ0n) is 7.07. The lowest BCUT2D eigenvalue weighted by Crippen LogP contribution is -2.07. The first kappa shape index (κ1) is 14.3. The van der Waals surface area contributed by atoms with Gasteiger partial charge in [0.2, 0.25) is 0 Å². The standard InChI is InChI=1S/C9H13N.2ClH/c1-2-9(10)8-6-4-3-5-7-8;;/h3-7,9H,2,10H2,1H3;2*1H. The Kier molecular flexibility index (Phi) is 8.83. The normalized spacial score (nSPS) is 10.8. The quantitative estimate of drug-likeness (QED) is 0.794. The predicted octanol–water partition coefficient (Wildman–Crippen LogP) is 2.94. The summed E-state index contributed by atoms with van der Waals surface area (Å²) in [5.41, 5.74) is 7.02. The molecule has 1 rings (SSSR count). The highest BCUT2D eigenvalue weighted by atomic mass is 35.5. The molecule has 1 nitrogen and oxygen atoms in total. The van der Waals surface area contributed by atoms with E-state index in [1.165, 1.54) is 5.56 Å². The lowest BCUT2D eigenvalue weighted by Gasteiger charge is -2.06. The molecule has 1 atom stereocenters. The Morgan fingerprint density at radius 1 is 1.17 bits per heavy atom. The Hall–Kier alpha value is -0.240. The molecule has 0 saturated heterocycles. The zero-order chi connectivity index (χ0) is 7.40. The van der Waals surface area contributed by atoms with Crippen molar-refractivity contribution in [3.63, 3.8) is 0 Å². The smallest absolute Gasteiger partial charge is 0.0292 e. The lowest BCUT2D eigenvalue weighted by molar-refractivity contribution is 0.699. The van der Waals surface area contributed by atoms with Crippen molar-refractivity contribution < 1.29 is 0 Å². The van der Waals surface area contributed by atoms with Gasteiger partial charge < -0.3 is 5.73 Å². The molecule has 0 amide bonds. The van der Waals surface area contributed by atoms with Gasteiger partial charge in [-0.3, -0.25) is 0 Å². The molecule has 0 saturated carbocycles. The van der Waals surface area contributed by atoms with Gasteiger partial charge in [0.15, 0.2) is 0 Å². The molecular formula is C9H15Cl2N. The van der Waals surface area contributed by atoms with Crippen LogP contribution in [-0.4, -0.2) is 0 Å². The largest absolute Gasteiger partial charge is 0.324 e. The highest BCUT2D eigenvalue weighted by Gasteiger charge is 1.99. The van der Waals surface area contributed by atoms with Gasteiger partial charge in [0.1, 0.15) is 0 Å². The van der Waals surface area contributed by atoms with Gasteiger partial charge >= 0.3 is 0 Å². The Morgan fingerprint density at radius 3 is 2.08 bits per heavy atom. The van der Waals surface area contributed by atoms with Gasteiger partial charge in [-0.1, -0.05) is 37.3 Å². The molecule has 12 heavy (non-hydrogen) atoms. The van der Waals surface area contributed by atoms with Crippen LogP contribution in [0.4, 0.5) is 0 Å². The number of hydrogen-bond acceptors (Lipinski definition) is 1. The lowest BCUT2D eigenvalue weighted by atomic mass is 10.1. The Labute approximate surface area is 86.2 Å². The van der Waals surface area contributed by atoms with Crippen LogP contribution in [0.15, 0.2) is 30.3 Å². The predicted molar refractivity (Wildman–Crippen MR) is 58.2 cm³/mol. The molecule has 0 aliphatic rings. The molecule has 0 radical (unpaired) electrons. The van der Waals surface area contributed by atoms with Gasteiger partial charge in [-0.25, -0.2) is 0 Å². The fourth-order valence-corrected chi connectivity index (χ4v) is 0.936. The second-order valence-electron chi connectivity index (χ2n) is 2.43. The zero-order valence-corrected chi connectivity index (χ0v) is 8.70. The molecule has 70 valence electrons. The maximum atomic E-state index is 5.79. The summed E-state index contributed by atoms with van der Waals surface area (Å²) in [6.45, 7) is 2.09. The summed E-state index contributed by atoms with van der Waals surface area (Å²) in [6.07, 6.45) is 1.00. The minimum Gasteiger partial charge on any atom is -0.324 e. The monoisotopic (exact) mass is 207 g/mol. The summed E-state index contributed by atoms with van der Waals surface area (Å²) in [4.78, 5) is 0. The van der Waals surface area contributed by atoms with E-state index in [-0.39, 0.29) is 30.9 Å². The summed E-state index contributed by atoms with van der Waals surface area (Å²) in [7, 11) is 0. The van der Waals surface area contributed by atoms with Gasteiger partial charge in [0.25, 0.3) is 0 Å². The Morgan fingerprint density at radius 2 is 1.67 bits per heavy atom. The van der Waals surface area contributed by atoms with Crippen molar-refractivity contribution in [2.45, 2.75) is 19.4 Å². The minimum absolute atomic E-state index is 0. The van der Waals surface area contributed by atoms with Crippen molar-refractivity contribution in [1.29, 1.82) is 0 Å². The number of nitrogens with two attached hydrogens (primary N) is 1. The van der Waals surface area contributed by atoms with Crippen molar-refractivity contribution in [3.05, 3.63) is 35.9 Å². The molecule has 1 aromatic carbocycles. The summed E-state index contributed by atoms with van der Waals surface area (Å²) in [5, 5.41) is 0. The number of hydrogen-bond donors (Lipinski definition) is 1. The average molecular weight is 208 g/mol. The third-order valence-corrected chi connectivity index (χ3v) is 1.67. The molecule has 2 N–H and O–H groups in total. The van der Waals surface area contributed by atoms with E-state index in [4.69, 9.17) is 5.73 Å². The van der Waals surface area contributed by atoms with E-state index in [9.17, 15) is 0 Å². The first-order chi connectivity index (χ1) is 4.84. The summed E-state index contributed by atoms with van der Waals surface area (Å²) < 4.78 is 0. The van der Waals surface area contributed by atoms with E-state index in [1.54, 1.807) is 0 Å². The summed E-state index contributed by atoms with van der Waals surface area (Å²) in [5.74, 6) is 0. The second-order valence-corrected chi connectivity index (χ2v) is 2.43. The van der Waals surface area contributed by atoms with E-state index in [0.717, 1.165) is 6.42 Å². The molecule has 1 unspecified atom stereocenters. The maximum absolute atomic E-state index is 5.79. The molecule has 0 aliphatic carbocycles. The van der Waals surface area contributed by atoms with E-state index >= 15 is 0 Å². The molecular weight excluding hydrogens is 193 g/mol. The van der Waals surface area contributed by atoms with Crippen LogP contribution in [0.3, 0.4) is 0 Å². The van der Waals surface area contributed by atoms with Crippen LogP contribution < -0.4 is 5.73 Å². The molecule has 0 aliphatic heterocycles. The molecule has 0 heterocycles. The number of halogens is 2. The van der Waals surface area contributed by atoms with Crippen molar-refractivity contribution in [2.24, 2.45) is 5.73 Å². The molecule has 3 heteroatoms. The van der Waals surface area contributed by atoms with Crippen LogP contribution in [0.1, 0.15) is 24.9 Å². The SMILES string of the molecule is CCC(N)c1ccccc1.Cl.Cl. The van der Waals surface area contributed by atoms with Gasteiger partial charge in [-0.05, 0) is 12.0 Å². The fourth-order valence-electron chi connectivity index (χ4n) is 0.936.